The third-order valence-corrected chi connectivity index (χ3v) is 5.77. The summed E-state index contributed by atoms with van der Waals surface area (Å²) in [4.78, 5) is 51.0. The molecule has 0 heterocycles. The number of para-hydroxylation sites is 1. The van der Waals surface area contributed by atoms with Gasteiger partial charge in [-0.15, -0.1) is 0 Å². The maximum absolute atomic E-state index is 13.3. The third kappa shape index (κ3) is 9.28. The molecule has 0 saturated carbocycles. The fourth-order valence-electron chi connectivity index (χ4n) is 3.74. The van der Waals surface area contributed by atoms with E-state index >= 15 is 0 Å². The van der Waals surface area contributed by atoms with Crippen LogP contribution in [-0.4, -0.2) is 48.4 Å². The number of nitrogens with one attached hydrogen (secondary N) is 4. The standard InChI is InChI=1S/C26H36N8O4/c1-17(2)22(32-23(35)20(27)16-18-10-5-3-6-11-18)24(36)31-21(14-9-15-30-26(28)29)25(37)34(33-38)19-12-7-4-8-13-19/h3-8,10-13,17,20-22H,9,14-16,27H2,1-2H3,(H,31,36)(H,32,35)(H4,28,29,30)/q+1/t20-,21-,22-/m0/s1. The second-order valence-electron chi connectivity index (χ2n) is 9.14. The minimum absolute atomic E-state index is 0.121. The van der Waals surface area contributed by atoms with Gasteiger partial charge in [0.1, 0.15) is 22.7 Å². The molecule has 0 saturated heterocycles. The molecule has 2 rings (SSSR count). The lowest BCUT2D eigenvalue weighted by atomic mass is 10.0. The predicted octanol–water partition coefficient (Wildman–Crippen LogP) is 0.496. The van der Waals surface area contributed by atoms with Crippen molar-refractivity contribution in [1.29, 1.82) is 5.41 Å². The Morgan fingerprint density at radius 1 is 0.974 bits per heavy atom. The fraction of sp³-hybridized carbons (Fsp3) is 0.385. The van der Waals surface area contributed by atoms with E-state index in [0.29, 0.717) is 17.9 Å². The summed E-state index contributed by atoms with van der Waals surface area (Å²) >= 11 is 0. The van der Waals surface area contributed by atoms with Crippen molar-refractivity contribution in [2.45, 2.75) is 51.2 Å². The Morgan fingerprint density at radius 2 is 1.58 bits per heavy atom. The Labute approximate surface area is 222 Å². The minimum Gasteiger partial charge on any atom is -0.370 e. The maximum atomic E-state index is 13.3. The van der Waals surface area contributed by atoms with Crippen molar-refractivity contribution in [2.75, 3.05) is 11.6 Å². The lowest BCUT2D eigenvalue weighted by Crippen LogP contribution is -2.58. The summed E-state index contributed by atoms with van der Waals surface area (Å²) in [5.41, 5.74) is 12.5. The molecule has 0 bridgehead atoms. The molecule has 2 aromatic carbocycles. The first-order valence-electron chi connectivity index (χ1n) is 12.3. The molecule has 203 valence electrons. The van der Waals surface area contributed by atoms with Gasteiger partial charge in [-0.3, -0.25) is 19.8 Å². The molecule has 0 aliphatic heterocycles. The van der Waals surface area contributed by atoms with E-state index in [1.807, 2.05) is 30.3 Å². The van der Waals surface area contributed by atoms with Gasteiger partial charge in [-0.1, -0.05) is 62.4 Å². The van der Waals surface area contributed by atoms with Gasteiger partial charge in [0.05, 0.1) is 6.04 Å². The monoisotopic (exact) mass is 524 g/mol. The second-order valence-corrected chi connectivity index (χ2v) is 9.14. The first-order valence-corrected chi connectivity index (χ1v) is 12.3. The molecule has 0 aliphatic rings. The van der Waals surface area contributed by atoms with Crippen LogP contribution in [0.15, 0.2) is 60.7 Å². The average Bonchev–Trinajstić information content (AvgIpc) is 2.89. The Morgan fingerprint density at radius 3 is 2.13 bits per heavy atom. The van der Waals surface area contributed by atoms with E-state index in [-0.39, 0.29) is 30.5 Å². The van der Waals surface area contributed by atoms with Crippen LogP contribution >= 0.6 is 0 Å². The molecule has 3 amide bonds. The summed E-state index contributed by atoms with van der Waals surface area (Å²) in [5, 5.41) is 18.8. The van der Waals surface area contributed by atoms with E-state index in [2.05, 4.69) is 21.2 Å². The second kappa shape index (κ2) is 15.1. The highest BCUT2D eigenvalue weighted by molar-refractivity contribution is 5.99. The van der Waals surface area contributed by atoms with Gasteiger partial charge in [-0.25, -0.2) is 0 Å². The van der Waals surface area contributed by atoms with Gasteiger partial charge in [-0.2, -0.15) is 0 Å². The number of hydrogen-bond acceptors (Lipinski definition) is 7. The number of carbonyl (C=O) groups excluding carboxylic acids is 3. The number of nitrogens with zero attached hydrogens (tertiary/aromatic N) is 2. The van der Waals surface area contributed by atoms with Crippen LogP contribution in [0.2, 0.25) is 0 Å². The SMILES string of the molecule is CC(C)[C@H](NC(=O)[C@@H](N)Cc1ccccc1)C(=O)N[C@@H](CCCNC(=N)N)C(=O)N([N+]=O)c1ccccc1. The van der Waals surface area contributed by atoms with E-state index in [9.17, 15) is 19.3 Å². The number of nitrogens with two attached hydrogens (primary N) is 2. The van der Waals surface area contributed by atoms with Crippen LogP contribution in [0.4, 0.5) is 5.69 Å². The smallest absolute Gasteiger partial charge is 0.370 e. The van der Waals surface area contributed by atoms with Gasteiger partial charge in [0.25, 0.3) is 0 Å². The molecule has 3 atom stereocenters. The van der Waals surface area contributed by atoms with Gasteiger partial charge >= 0.3 is 11.2 Å². The van der Waals surface area contributed by atoms with Crippen LogP contribution in [0, 0.1) is 16.2 Å². The first kappa shape index (κ1) is 29.9. The normalized spacial score (nSPS) is 13.1. The lowest BCUT2D eigenvalue weighted by Gasteiger charge is -2.26. The molecule has 1 radical (unpaired) electrons. The molecule has 0 aliphatic carbocycles. The van der Waals surface area contributed by atoms with Gasteiger partial charge < -0.3 is 27.4 Å². The largest absolute Gasteiger partial charge is 0.494 e. The number of anilines is 1. The molecule has 8 N–H and O–H groups in total. The van der Waals surface area contributed by atoms with Crippen LogP contribution < -0.4 is 37.7 Å². The Hall–Kier alpha value is -4.32. The van der Waals surface area contributed by atoms with Crippen LogP contribution in [0.25, 0.3) is 0 Å². The molecular weight excluding hydrogens is 488 g/mol. The fourth-order valence-corrected chi connectivity index (χ4v) is 3.74. The van der Waals surface area contributed by atoms with E-state index in [1.54, 1.807) is 44.2 Å². The summed E-state index contributed by atoms with van der Waals surface area (Å²) in [6, 6.07) is 14.4. The highest BCUT2D eigenvalue weighted by atomic mass is 16.3. The van der Waals surface area contributed by atoms with Crippen molar-refractivity contribution in [1.82, 2.24) is 21.2 Å². The predicted molar refractivity (Wildman–Crippen MR) is 145 cm³/mol. The highest BCUT2D eigenvalue weighted by Gasteiger charge is 2.37. The summed E-state index contributed by atoms with van der Waals surface area (Å²) < 4.78 is 0. The summed E-state index contributed by atoms with van der Waals surface area (Å²) in [6.45, 7) is 3.78. The van der Waals surface area contributed by atoms with E-state index < -0.39 is 35.8 Å². The Kier molecular flexibility index (Phi) is 11.8. The average molecular weight is 525 g/mol. The summed E-state index contributed by atoms with van der Waals surface area (Å²) in [6.07, 6.45) is 0.759. The van der Waals surface area contributed by atoms with Crippen molar-refractivity contribution in [3.8, 4) is 0 Å². The van der Waals surface area contributed by atoms with Gasteiger partial charge in [-0.05, 0) is 42.9 Å². The number of hydrogen-bond donors (Lipinski definition) is 6. The molecular formula is C26H36N8O4+. The Balaban J connectivity index is 2.16. The topological polar surface area (TPSA) is 198 Å². The minimum atomic E-state index is -1.13. The highest BCUT2D eigenvalue weighted by Crippen LogP contribution is 2.14. The van der Waals surface area contributed by atoms with Gasteiger partial charge in [0, 0.05) is 11.6 Å². The zero-order chi connectivity index (χ0) is 28.1. The molecule has 0 unspecified atom stereocenters. The van der Waals surface area contributed by atoms with Crippen molar-refractivity contribution in [3.63, 3.8) is 0 Å². The van der Waals surface area contributed by atoms with Crippen molar-refractivity contribution < 1.29 is 14.4 Å². The van der Waals surface area contributed by atoms with E-state index in [1.165, 1.54) is 0 Å². The molecule has 12 heteroatoms. The quantitative estimate of drug-likeness (QED) is 0.0894. The number of amides is 3. The molecule has 2 aromatic rings. The van der Waals surface area contributed by atoms with Crippen LogP contribution in [-0.2, 0) is 20.8 Å². The zero-order valence-electron chi connectivity index (χ0n) is 21.6. The number of benzene rings is 2. The third-order valence-electron chi connectivity index (χ3n) is 5.77. The zero-order valence-corrected chi connectivity index (χ0v) is 21.6. The van der Waals surface area contributed by atoms with Gasteiger partial charge in [0.15, 0.2) is 5.96 Å². The lowest BCUT2D eigenvalue weighted by molar-refractivity contribution is -0.133. The molecule has 38 heavy (non-hydrogen) atoms. The number of carbonyl (C=O) groups is 3. The van der Waals surface area contributed by atoms with Crippen LogP contribution in [0.5, 0.6) is 0 Å². The molecule has 0 spiro atoms. The van der Waals surface area contributed by atoms with E-state index in [0.717, 1.165) is 5.56 Å². The van der Waals surface area contributed by atoms with Crippen molar-refractivity contribution in [3.05, 3.63) is 71.1 Å². The molecule has 12 nitrogen and oxygen atoms in total. The summed E-state index contributed by atoms with van der Waals surface area (Å²) in [7, 11) is 0. The summed E-state index contributed by atoms with van der Waals surface area (Å²) in [5.74, 6) is -2.40. The number of rotatable bonds is 14. The van der Waals surface area contributed by atoms with Crippen LogP contribution in [0.3, 0.4) is 0 Å². The van der Waals surface area contributed by atoms with Crippen molar-refractivity contribution >= 4 is 29.4 Å². The maximum Gasteiger partial charge on any atom is 0.494 e. The first-order chi connectivity index (χ1) is 18.1. The van der Waals surface area contributed by atoms with E-state index in [4.69, 9.17) is 16.9 Å². The Bertz CT molecular complexity index is 1080. The van der Waals surface area contributed by atoms with Crippen molar-refractivity contribution in [2.24, 2.45) is 17.4 Å². The molecule has 0 fully saturated rings. The molecule has 0 aromatic heterocycles. The van der Waals surface area contributed by atoms with Crippen LogP contribution in [0.1, 0.15) is 32.3 Å². The number of nitroso groups, excluding NO2 is 1. The van der Waals surface area contributed by atoms with Gasteiger partial charge in [0.2, 0.25) is 11.8 Å². The number of guanidine groups is 1.